The van der Waals surface area contributed by atoms with Crippen LogP contribution in [0.25, 0.3) is 0 Å². The number of carbonyl (C=O) groups is 1. The molecule has 2 aromatic carbocycles. The molecule has 1 saturated heterocycles. The first-order valence-corrected chi connectivity index (χ1v) is 9.56. The molecule has 0 spiro atoms. The third kappa shape index (κ3) is 5.45. The van der Waals surface area contributed by atoms with Gasteiger partial charge in [-0.1, -0.05) is 24.3 Å². The van der Waals surface area contributed by atoms with Crippen LogP contribution in [0.5, 0.6) is 5.75 Å². The average Bonchev–Trinajstić information content (AvgIpc) is 3.20. The third-order valence-corrected chi connectivity index (χ3v) is 4.81. The lowest BCUT2D eigenvalue weighted by molar-refractivity contribution is -0.135. The molecule has 6 heteroatoms. The van der Waals surface area contributed by atoms with Crippen LogP contribution in [0.4, 0.5) is 10.1 Å². The number of halogens is 1. The largest absolute Gasteiger partial charge is 0.481 e. The Kier molecular flexibility index (Phi) is 6.87. The van der Waals surface area contributed by atoms with Crippen molar-refractivity contribution >= 4 is 11.6 Å². The first kappa shape index (κ1) is 20.1. The minimum atomic E-state index is -0.472. The van der Waals surface area contributed by atoms with E-state index in [-0.39, 0.29) is 24.4 Å². The lowest BCUT2D eigenvalue weighted by Gasteiger charge is -2.26. The van der Waals surface area contributed by atoms with E-state index in [0.717, 1.165) is 30.7 Å². The van der Waals surface area contributed by atoms with Gasteiger partial charge in [-0.2, -0.15) is 0 Å². The lowest BCUT2D eigenvalue weighted by atomic mass is 10.1. The predicted octanol–water partition coefficient (Wildman–Crippen LogP) is 3.48. The van der Waals surface area contributed by atoms with Crippen molar-refractivity contribution in [1.29, 1.82) is 0 Å². The van der Waals surface area contributed by atoms with Gasteiger partial charge in [0.2, 0.25) is 0 Å². The lowest BCUT2D eigenvalue weighted by Crippen LogP contribution is -2.39. The normalized spacial score (nSPS) is 16.0. The Hall–Kier alpha value is -2.60. The number of hydrogen-bond acceptors (Lipinski definition) is 4. The molecule has 0 radical (unpaired) electrons. The minimum absolute atomic E-state index is 0.0402. The number of hydrogen-bond donors (Lipinski definition) is 0. The fourth-order valence-corrected chi connectivity index (χ4v) is 3.20. The molecule has 2 aromatic rings. The zero-order valence-corrected chi connectivity index (χ0v) is 16.4. The molecule has 0 bridgehead atoms. The van der Waals surface area contributed by atoms with Gasteiger partial charge in [-0.3, -0.25) is 4.79 Å². The molecule has 0 unspecified atom stereocenters. The first-order chi connectivity index (χ1) is 13.5. The zero-order valence-electron chi connectivity index (χ0n) is 16.4. The molecular formula is C22H27FN2O3. The monoisotopic (exact) mass is 386 g/mol. The second-order valence-corrected chi connectivity index (χ2v) is 7.19. The van der Waals surface area contributed by atoms with E-state index < -0.39 is 5.82 Å². The summed E-state index contributed by atoms with van der Waals surface area (Å²) in [6.07, 6.45) is 1.99. The van der Waals surface area contributed by atoms with Gasteiger partial charge >= 0.3 is 0 Å². The van der Waals surface area contributed by atoms with Crippen LogP contribution in [0.15, 0.2) is 48.5 Å². The van der Waals surface area contributed by atoms with E-state index in [1.54, 1.807) is 17.0 Å². The van der Waals surface area contributed by atoms with Crippen LogP contribution in [0.3, 0.4) is 0 Å². The molecule has 1 aliphatic heterocycles. The molecule has 1 aliphatic rings. The topological polar surface area (TPSA) is 42.0 Å². The van der Waals surface area contributed by atoms with Gasteiger partial charge < -0.3 is 19.3 Å². The Morgan fingerprint density at radius 1 is 1.18 bits per heavy atom. The number of para-hydroxylation sites is 1. The summed E-state index contributed by atoms with van der Waals surface area (Å²) in [6, 6.07) is 14.2. The molecule has 5 nitrogen and oxygen atoms in total. The summed E-state index contributed by atoms with van der Waals surface area (Å²) in [5.74, 6) is -0.570. The second kappa shape index (κ2) is 9.55. The number of ether oxygens (including phenoxy) is 2. The van der Waals surface area contributed by atoms with Gasteiger partial charge in [0.1, 0.15) is 0 Å². The first-order valence-electron chi connectivity index (χ1n) is 9.56. The van der Waals surface area contributed by atoms with E-state index in [9.17, 15) is 9.18 Å². The van der Waals surface area contributed by atoms with Crippen molar-refractivity contribution in [2.24, 2.45) is 0 Å². The van der Waals surface area contributed by atoms with E-state index in [4.69, 9.17) is 9.47 Å². The molecule has 3 rings (SSSR count). The number of benzene rings is 2. The Balaban J connectivity index is 1.66. The highest BCUT2D eigenvalue weighted by Crippen LogP contribution is 2.19. The molecule has 0 saturated carbocycles. The van der Waals surface area contributed by atoms with Crippen LogP contribution in [-0.4, -0.2) is 50.8 Å². The van der Waals surface area contributed by atoms with Crippen LogP contribution in [-0.2, 0) is 16.1 Å². The highest BCUT2D eigenvalue weighted by Gasteiger charge is 2.23. The number of nitrogens with zero attached hydrogens (tertiary/aromatic N) is 2. The fourth-order valence-electron chi connectivity index (χ4n) is 3.20. The van der Waals surface area contributed by atoms with Crippen LogP contribution < -0.4 is 9.64 Å². The van der Waals surface area contributed by atoms with Crippen molar-refractivity contribution < 1.29 is 18.7 Å². The van der Waals surface area contributed by atoms with Crippen LogP contribution in [0.1, 0.15) is 18.4 Å². The van der Waals surface area contributed by atoms with Gasteiger partial charge in [0.15, 0.2) is 18.2 Å². The van der Waals surface area contributed by atoms with Gasteiger partial charge in [-0.25, -0.2) is 4.39 Å². The van der Waals surface area contributed by atoms with E-state index >= 15 is 0 Å². The van der Waals surface area contributed by atoms with Gasteiger partial charge in [0.25, 0.3) is 5.91 Å². The van der Waals surface area contributed by atoms with E-state index in [1.807, 2.05) is 43.3 Å². The van der Waals surface area contributed by atoms with Crippen LogP contribution in [0.2, 0.25) is 0 Å². The van der Waals surface area contributed by atoms with Crippen molar-refractivity contribution in [2.45, 2.75) is 25.5 Å². The standard InChI is InChI=1S/C22H27FN2O3/c1-24(2)18-11-9-17(10-12-18)14-25(15-19-6-5-13-27-19)22(26)16-28-21-8-4-3-7-20(21)23/h3-4,7-12,19H,5-6,13-16H2,1-2H3/t19-/m1/s1. The van der Waals surface area contributed by atoms with Gasteiger partial charge in [0.05, 0.1) is 6.10 Å². The molecule has 1 heterocycles. The van der Waals surface area contributed by atoms with Gasteiger partial charge in [0, 0.05) is 39.5 Å². The summed E-state index contributed by atoms with van der Waals surface area (Å²) in [6.45, 7) is 1.50. The van der Waals surface area contributed by atoms with Crippen LogP contribution in [0, 0.1) is 5.82 Å². The van der Waals surface area contributed by atoms with Gasteiger partial charge in [-0.15, -0.1) is 0 Å². The maximum absolute atomic E-state index is 13.7. The van der Waals surface area contributed by atoms with Gasteiger partial charge in [-0.05, 0) is 42.7 Å². The molecule has 0 aromatic heterocycles. The van der Waals surface area contributed by atoms with Crippen molar-refractivity contribution in [3.63, 3.8) is 0 Å². The number of anilines is 1. The molecule has 28 heavy (non-hydrogen) atoms. The minimum Gasteiger partial charge on any atom is -0.481 e. The summed E-state index contributed by atoms with van der Waals surface area (Å²) >= 11 is 0. The zero-order chi connectivity index (χ0) is 19.9. The molecular weight excluding hydrogens is 359 g/mol. The highest BCUT2D eigenvalue weighted by atomic mass is 19.1. The molecule has 1 fully saturated rings. The summed E-state index contributed by atoms with van der Waals surface area (Å²) in [4.78, 5) is 16.6. The fraction of sp³-hybridized carbons (Fsp3) is 0.409. The smallest absolute Gasteiger partial charge is 0.260 e. The molecule has 150 valence electrons. The SMILES string of the molecule is CN(C)c1ccc(CN(C[C@H]2CCCO2)C(=O)COc2ccccc2F)cc1. The molecule has 1 amide bonds. The Labute approximate surface area is 165 Å². The van der Waals surface area contributed by atoms with E-state index in [0.29, 0.717) is 13.1 Å². The molecule has 1 atom stereocenters. The number of rotatable bonds is 8. The third-order valence-electron chi connectivity index (χ3n) is 4.81. The Morgan fingerprint density at radius 3 is 2.57 bits per heavy atom. The second-order valence-electron chi connectivity index (χ2n) is 7.19. The Bertz CT molecular complexity index is 774. The van der Waals surface area contributed by atoms with Crippen molar-refractivity contribution in [3.05, 3.63) is 59.9 Å². The van der Waals surface area contributed by atoms with Crippen molar-refractivity contribution in [1.82, 2.24) is 4.90 Å². The summed E-state index contributed by atoms with van der Waals surface area (Å²) in [5, 5.41) is 0. The maximum Gasteiger partial charge on any atom is 0.260 e. The maximum atomic E-state index is 13.7. The van der Waals surface area contributed by atoms with Crippen molar-refractivity contribution in [2.75, 3.05) is 38.8 Å². The summed E-state index contributed by atoms with van der Waals surface area (Å²) < 4.78 is 24.9. The summed E-state index contributed by atoms with van der Waals surface area (Å²) in [7, 11) is 3.98. The quantitative estimate of drug-likeness (QED) is 0.697. The predicted molar refractivity (Wildman–Crippen MR) is 107 cm³/mol. The molecule has 0 N–H and O–H groups in total. The van der Waals surface area contributed by atoms with Crippen LogP contribution >= 0.6 is 0 Å². The van der Waals surface area contributed by atoms with E-state index in [1.165, 1.54) is 12.1 Å². The summed E-state index contributed by atoms with van der Waals surface area (Å²) in [5.41, 5.74) is 2.13. The average molecular weight is 386 g/mol. The Morgan fingerprint density at radius 2 is 1.93 bits per heavy atom. The van der Waals surface area contributed by atoms with E-state index in [2.05, 4.69) is 0 Å². The van der Waals surface area contributed by atoms with Crippen molar-refractivity contribution in [3.8, 4) is 5.75 Å². The number of carbonyl (C=O) groups excluding carboxylic acids is 1. The number of amides is 1. The molecule has 0 aliphatic carbocycles. The highest BCUT2D eigenvalue weighted by molar-refractivity contribution is 5.77.